The second kappa shape index (κ2) is 8.13. The van der Waals surface area contributed by atoms with Crippen LogP contribution in [0.4, 0.5) is 0 Å². The first kappa shape index (κ1) is 16.7. The van der Waals surface area contributed by atoms with Crippen molar-refractivity contribution in [1.82, 2.24) is 10.6 Å². The van der Waals surface area contributed by atoms with Gasteiger partial charge >= 0.3 is 0 Å². The minimum Gasteiger partial charge on any atom is -0.384 e. The zero-order valence-electron chi connectivity index (χ0n) is 12.4. The summed E-state index contributed by atoms with van der Waals surface area (Å²) in [4.78, 5) is 13.2. The van der Waals surface area contributed by atoms with Crippen LogP contribution in [0.15, 0.2) is 12.1 Å². The van der Waals surface area contributed by atoms with Crippen LogP contribution in [0.5, 0.6) is 0 Å². The summed E-state index contributed by atoms with van der Waals surface area (Å²) in [7, 11) is 1.73. The third kappa shape index (κ3) is 5.25. The molecule has 1 aliphatic rings. The molecule has 1 aromatic rings. The Hall–Kier alpha value is -0.620. The molecule has 0 atom stereocenters. The van der Waals surface area contributed by atoms with E-state index in [-0.39, 0.29) is 11.3 Å². The molecule has 6 heteroatoms. The second-order valence-corrected chi connectivity index (χ2v) is 7.47. The Kier molecular flexibility index (Phi) is 6.48. The molecule has 118 valence electrons. The summed E-state index contributed by atoms with van der Waals surface area (Å²) in [5, 5.41) is 6.44. The number of amides is 1. The first-order chi connectivity index (χ1) is 10.1. The predicted octanol–water partition coefficient (Wildman–Crippen LogP) is 2.47. The van der Waals surface area contributed by atoms with E-state index >= 15 is 0 Å². The average molecular weight is 331 g/mol. The van der Waals surface area contributed by atoms with Gasteiger partial charge in [-0.05, 0) is 44.5 Å². The maximum absolute atomic E-state index is 12.0. The van der Waals surface area contributed by atoms with Gasteiger partial charge in [-0.25, -0.2) is 0 Å². The van der Waals surface area contributed by atoms with E-state index < -0.39 is 0 Å². The van der Waals surface area contributed by atoms with Gasteiger partial charge in [0.05, 0.1) is 10.9 Å². The van der Waals surface area contributed by atoms with Crippen molar-refractivity contribution < 1.29 is 9.53 Å². The molecule has 0 unspecified atom stereocenters. The SMILES string of the molecule is COCC1(CNC(=O)CCc2ccc(Cl)s2)CCNCC1. The van der Waals surface area contributed by atoms with E-state index in [1.807, 2.05) is 12.1 Å². The molecule has 4 nitrogen and oxygen atoms in total. The van der Waals surface area contributed by atoms with Crippen LogP contribution in [0, 0.1) is 5.41 Å². The highest BCUT2D eigenvalue weighted by molar-refractivity contribution is 7.16. The van der Waals surface area contributed by atoms with Gasteiger partial charge in [0.2, 0.25) is 5.91 Å². The number of carbonyl (C=O) groups is 1. The zero-order chi connectivity index (χ0) is 15.1. The van der Waals surface area contributed by atoms with Gasteiger partial charge in [-0.1, -0.05) is 11.6 Å². The third-order valence-corrected chi connectivity index (χ3v) is 5.29. The Balaban J connectivity index is 1.76. The number of piperidine rings is 1. The lowest BCUT2D eigenvalue weighted by molar-refractivity contribution is -0.121. The lowest BCUT2D eigenvalue weighted by Crippen LogP contribution is -2.47. The van der Waals surface area contributed by atoms with Crippen molar-refractivity contribution in [3.05, 3.63) is 21.3 Å². The molecule has 0 aromatic carbocycles. The first-order valence-corrected chi connectivity index (χ1v) is 8.54. The lowest BCUT2D eigenvalue weighted by Gasteiger charge is -2.37. The van der Waals surface area contributed by atoms with Gasteiger partial charge in [0.1, 0.15) is 0 Å². The molecule has 2 N–H and O–H groups in total. The summed E-state index contributed by atoms with van der Waals surface area (Å²) in [5.74, 6) is 0.105. The number of halogens is 1. The van der Waals surface area contributed by atoms with Crippen LogP contribution in [0.3, 0.4) is 0 Å². The van der Waals surface area contributed by atoms with Gasteiger partial charge in [-0.15, -0.1) is 11.3 Å². The third-order valence-electron chi connectivity index (χ3n) is 4.00. The van der Waals surface area contributed by atoms with Gasteiger partial charge in [0.25, 0.3) is 0 Å². The van der Waals surface area contributed by atoms with Gasteiger partial charge in [-0.3, -0.25) is 4.79 Å². The van der Waals surface area contributed by atoms with Crippen LogP contribution in [-0.2, 0) is 16.0 Å². The smallest absolute Gasteiger partial charge is 0.220 e. The number of aryl methyl sites for hydroxylation is 1. The van der Waals surface area contributed by atoms with Crippen LogP contribution in [0.2, 0.25) is 4.34 Å². The molecule has 0 bridgehead atoms. The number of hydrogen-bond donors (Lipinski definition) is 2. The van der Waals surface area contributed by atoms with E-state index in [1.54, 1.807) is 18.4 Å². The number of rotatable bonds is 7. The summed E-state index contributed by atoms with van der Waals surface area (Å²) in [6, 6.07) is 3.86. The Morgan fingerprint density at radius 1 is 1.48 bits per heavy atom. The van der Waals surface area contributed by atoms with Crippen LogP contribution in [0.25, 0.3) is 0 Å². The fraction of sp³-hybridized carbons (Fsp3) is 0.667. The summed E-state index contributed by atoms with van der Waals surface area (Å²) in [6.07, 6.45) is 3.35. The maximum Gasteiger partial charge on any atom is 0.220 e. The molecule has 0 spiro atoms. The normalized spacial score (nSPS) is 17.6. The van der Waals surface area contributed by atoms with E-state index in [4.69, 9.17) is 16.3 Å². The van der Waals surface area contributed by atoms with E-state index in [0.717, 1.165) is 41.6 Å². The molecular formula is C15H23ClN2O2S. The Morgan fingerprint density at radius 3 is 2.86 bits per heavy atom. The largest absolute Gasteiger partial charge is 0.384 e. The first-order valence-electron chi connectivity index (χ1n) is 7.34. The predicted molar refractivity (Wildman–Crippen MR) is 87.1 cm³/mol. The van der Waals surface area contributed by atoms with Crippen LogP contribution < -0.4 is 10.6 Å². The standard InChI is InChI=1S/C15H23ClN2O2S/c1-20-11-15(6-8-17-9-7-15)10-18-14(19)5-3-12-2-4-13(16)21-12/h2,4,17H,3,5-11H2,1H3,(H,18,19). The summed E-state index contributed by atoms with van der Waals surface area (Å²) in [6.45, 7) is 3.39. The van der Waals surface area contributed by atoms with Gasteiger partial charge < -0.3 is 15.4 Å². The van der Waals surface area contributed by atoms with Crippen LogP contribution >= 0.6 is 22.9 Å². The number of methoxy groups -OCH3 is 1. The molecule has 2 heterocycles. The van der Waals surface area contributed by atoms with Crippen LogP contribution in [-0.4, -0.2) is 39.3 Å². The Labute approximate surface area is 135 Å². The van der Waals surface area contributed by atoms with E-state index in [9.17, 15) is 4.79 Å². The van der Waals surface area contributed by atoms with Crippen molar-refractivity contribution in [3.8, 4) is 0 Å². The molecule has 1 fully saturated rings. The monoisotopic (exact) mass is 330 g/mol. The summed E-state index contributed by atoms with van der Waals surface area (Å²) in [5.41, 5.74) is 0.0852. The van der Waals surface area contributed by atoms with E-state index in [0.29, 0.717) is 19.6 Å². The topological polar surface area (TPSA) is 50.4 Å². The molecule has 0 aliphatic carbocycles. The fourth-order valence-electron chi connectivity index (χ4n) is 2.73. The minimum absolute atomic E-state index is 0.0852. The highest BCUT2D eigenvalue weighted by atomic mass is 35.5. The Bertz CT molecular complexity index is 453. The number of ether oxygens (including phenoxy) is 1. The quantitative estimate of drug-likeness (QED) is 0.807. The molecule has 0 radical (unpaired) electrons. The van der Waals surface area contributed by atoms with Gasteiger partial charge in [0, 0.05) is 30.4 Å². The highest BCUT2D eigenvalue weighted by Gasteiger charge is 2.32. The zero-order valence-corrected chi connectivity index (χ0v) is 14.0. The van der Waals surface area contributed by atoms with Crippen molar-refractivity contribution in [1.29, 1.82) is 0 Å². The summed E-state index contributed by atoms with van der Waals surface area (Å²) >= 11 is 7.43. The number of hydrogen-bond acceptors (Lipinski definition) is 4. The van der Waals surface area contributed by atoms with Crippen molar-refractivity contribution in [2.45, 2.75) is 25.7 Å². The molecule has 21 heavy (non-hydrogen) atoms. The second-order valence-electron chi connectivity index (χ2n) is 5.67. The minimum atomic E-state index is 0.0852. The number of carbonyl (C=O) groups excluding carboxylic acids is 1. The van der Waals surface area contributed by atoms with Crippen molar-refractivity contribution in [2.24, 2.45) is 5.41 Å². The highest BCUT2D eigenvalue weighted by Crippen LogP contribution is 2.28. The Morgan fingerprint density at radius 2 is 2.24 bits per heavy atom. The molecule has 1 amide bonds. The van der Waals surface area contributed by atoms with E-state index in [1.165, 1.54) is 0 Å². The number of nitrogens with one attached hydrogen (secondary N) is 2. The van der Waals surface area contributed by atoms with E-state index in [2.05, 4.69) is 10.6 Å². The molecule has 2 rings (SSSR count). The molecule has 1 aliphatic heterocycles. The molecule has 1 saturated heterocycles. The fourth-order valence-corrected chi connectivity index (χ4v) is 3.82. The molecule has 1 aromatic heterocycles. The number of thiophene rings is 1. The van der Waals surface area contributed by atoms with Crippen LogP contribution in [0.1, 0.15) is 24.1 Å². The van der Waals surface area contributed by atoms with Gasteiger partial charge in [0.15, 0.2) is 0 Å². The molecular weight excluding hydrogens is 308 g/mol. The van der Waals surface area contributed by atoms with Crippen molar-refractivity contribution >= 4 is 28.8 Å². The maximum atomic E-state index is 12.0. The summed E-state index contributed by atoms with van der Waals surface area (Å²) < 4.78 is 6.13. The van der Waals surface area contributed by atoms with Gasteiger partial charge in [-0.2, -0.15) is 0 Å². The molecule has 0 saturated carbocycles. The average Bonchev–Trinajstić information content (AvgIpc) is 2.90. The van der Waals surface area contributed by atoms with Crippen molar-refractivity contribution in [2.75, 3.05) is 33.4 Å². The van der Waals surface area contributed by atoms with Crippen molar-refractivity contribution in [3.63, 3.8) is 0 Å². The lowest BCUT2D eigenvalue weighted by atomic mass is 9.79.